The summed E-state index contributed by atoms with van der Waals surface area (Å²) in [6, 6.07) is 8.20. The Morgan fingerprint density at radius 3 is 2.42 bits per heavy atom. The molecule has 1 heteroatoms. The van der Waals surface area contributed by atoms with Crippen LogP contribution in [0, 0.1) is 30.6 Å². The molecular formula is C18H23N. The van der Waals surface area contributed by atoms with Crippen molar-refractivity contribution >= 4 is 0 Å². The normalized spacial score (nSPS) is 9.47. The third-order valence-corrected chi connectivity index (χ3v) is 2.99. The molecule has 0 aliphatic carbocycles. The second-order valence-electron chi connectivity index (χ2n) is 4.64. The van der Waals surface area contributed by atoms with E-state index in [1.54, 1.807) is 0 Å². The van der Waals surface area contributed by atoms with E-state index in [4.69, 9.17) is 0 Å². The fourth-order valence-electron chi connectivity index (χ4n) is 1.67. The smallest absolute Gasteiger partial charge is 0.0611 e. The highest BCUT2D eigenvalue weighted by atomic mass is 15.1. The Bertz CT molecular complexity index is 476. The molecule has 0 aliphatic heterocycles. The lowest BCUT2D eigenvalue weighted by Crippen LogP contribution is -2.24. The van der Waals surface area contributed by atoms with Gasteiger partial charge < -0.3 is 0 Å². The van der Waals surface area contributed by atoms with Gasteiger partial charge in [0.15, 0.2) is 0 Å². The van der Waals surface area contributed by atoms with Crippen LogP contribution in [0.25, 0.3) is 0 Å². The summed E-state index contributed by atoms with van der Waals surface area (Å²) in [6.07, 6.45) is 2.47. The molecule has 0 fully saturated rings. The van der Waals surface area contributed by atoms with Crippen LogP contribution in [0.1, 0.15) is 37.8 Å². The summed E-state index contributed by atoms with van der Waals surface area (Å²) in [6.45, 7) is 9.47. The van der Waals surface area contributed by atoms with Crippen LogP contribution in [0.4, 0.5) is 0 Å². The molecule has 0 bridgehead atoms. The predicted molar refractivity (Wildman–Crippen MR) is 82.9 cm³/mol. The first kappa shape index (κ1) is 15.4. The molecule has 0 saturated carbocycles. The highest BCUT2D eigenvalue weighted by Crippen LogP contribution is 2.00. The predicted octanol–water partition coefficient (Wildman–Crippen LogP) is 3.47. The summed E-state index contributed by atoms with van der Waals surface area (Å²) in [5.41, 5.74) is 2.28. The largest absolute Gasteiger partial charge is 0.293 e. The van der Waals surface area contributed by atoms with E-state index in [0.717, 1.165) is 25.2 Å². The lowest BCUT2D eigenvalue weighted by molar-refractivity contribution is 0.318. The Balaban J connectivity index is 2.44. The van der Waals surface area contributed by atoms with Crippen LogP contribution in [0.3, 0.4) is 0 Å². The van der Waals surface area contributed by atoms with E-state index < -0.39 is 0 Å². The second kappa shape index (κ2) is 9.26. The van der Waals surface area contributed by atoms with Crippen molar-refractivity contribution in [2.24, 2.45) is 0 Å². The highest BCUT2D eigenvalue weighted by molar-refractivity contribution is 5.40. The summed E-state index contributed by atoms with van der Waals surface area (Å²) in [5.74, 6) is 12.0. The van der Waals surface area contributed by atoms with Gasteiger partial charge in [0.1, 0.15) is 0 Å². The highest BCUT2D eigenvalue weighted by Gasteiger charge is 1.97. The van der Waals surface area contributed by atoms with Gasteiger partial charge in [-0.25, -0.2) is 0 Å². The number of aryl methyl sites for hydroxylation is 1. The molecular weight excluding hydrogens is 230 g/mol. The molecule has 0 spiro atoms. The average Bonchev–Trinajstić information content (AvgIpc) is 2.44. The number of rotatable bonds is 5. The Morgan fingerprint density at radius 1 is 1.05 bits per heavy atom. The standard InChI is InChI=1S/C18H23N/c1-4-6-15-19(5-2)16-9-7-8-10-18-13-11-17(3)12-14-18/h11-14H,4-6,15-16H2,1-3H3. The Kier molecular flexibility index (Phi) is 7.48. The molecule has 1 aromatic carbocycles. The van der Waals surface area contributed by atoms with Gasteiger partial charge in [0.05, 0.1) is 6.54 Å². The van der Waals surface area contributed by atoms with Gasteiger partial charge in [-0.15, -0.1) is 0 Å². The first-order valence-electron chi connectivity index (χ1n) is 7.04. The van der Waals surface area contributed by atoms with Gasteiger partial charge >= 0.3 is 0 Å². The van der Waals surface area contributed by atoms with Crippen molar-refractivity contribution in [3.05, 3.63) is 35.4 Å². The molecule has 0 amide bonds. The molecule has 100 valence electrons. The summed E-state index contributed by atoms with van der Waals surface area (Å²) in [5, 5.41) is 0. The van der Waals surface area contributed by atoms with E-state index in [-0.39, 0.29) is 0 Å². The maximum absolute atomic E-state index is 3.13. The molecule has 1 rings (SSSR count). The lowest BCUT2D eigenvalue weighted by Gasteiger charge is -2.15. The van der Waals surface area contributed by atoms with Gasteiger partial charge in [-0.2, -0.15) is 0 Å². The Hall–Kier alpha value is -1.70. The van der Waals surface area contributed by atoms with Crippen LogP contribution < -0.4 is 0 Å². The van der Waals surface area contributed by atoms with Gasteiger partial charge in [0, 0.05) is 5.56 Å². The molecule has 0 saturated heterocycles. The van der Waals surface area contributed by atoms with Gasteiger partial charge in [0.25, 0.3) is 0 Å². The van der Waals surface area contributed by atoms with Gasteiger partial charge in [-0.3, -0.25) is 4.90 Å². The van der Waals surface area contributed by atoms with Crippen molar-refractivity contribution in [3.8, 4) is 23.7 Å². The van der Waals surface area contributed by atoms with Gasteiger partial charge in [-0.1, -0.05) is 49.8 Å². The first-order valence-corrected chi connectivity index (χ1v) is 7.04. The number of unbranched alkanes of at least 4 members (excludes halogenated alkanes) is 1. The summed E-state index contributed by atoms with van der Waals surface area (Å²) >= 11 is 0. The van der Waals surface area contributed by atoms with E-state index >= 15 is 0 Å². The maximum Gasteiger partial charge on any atom is 0.0611 e. The summed E-state index contributed by atoms with van der Waals surface area (Å²) < 4.78 is 0. The molecule has 1 nitrogen and oxygen atoms in total. The number of hydrogen-bond acceptors (Lipinski definition) is 1. The zero-order chi connectivity index (χ0) is 13.9. The molecule has 0 heterocycles. The monoisotopic (exact) mass is 253 g/mol. The van der Waals surface area contributed by atoms with Crippen molar-refractivity contribution < 1.29 is 0 Å². The second-order valence-corrected chi connectivity index (χ2v) is 4.64. The molecule has 0 atom stereocenters. The Morgan fingerprint density at radius 2 is 1.79 bits per heavy atom. The van der Waals surface area contributed by atoms with E-state index in [1.165, 1.54) is 18.4 Å². The van der Waals surface area contributed by atoms with Crippen LogP contribution in [0.15, 0.2) is 24.3 Å². The minimum Gasteiger partial charge on any atom is -0.293 e. The SMILES string of the molecule is CCCCN(CC)CC#CC#Cc1ccc(C)cc1. The number of benzene rings is 1. The van der Waals surface area contributed by atoms with Gasteiger partial charge in [-0.05, 0) is 50.4 Å². The summed E-state index contributed by atoms with van der Waals surface area (Å²) in [4.78, 5) is 2.35. The summed E-state index contributed by atoms with van der Waals surface area (Å²) in [7, 11) is 0. The van der Waals surface area contributed by atoms with Crippen molar-refractivity contribution in [1.82, 2.24) is 4.90 Å². The van der Waals surface area contributed by atoms with Crippen LogP contribution in [-0.2, 0) is 0 Å². The average molecular weight is 253 g/mol. The zero-order valence-electron chi connectivity index (χ0n) is 12.3. The maximum atomic E-state index is 3.13. The van der Waals surface area contributed by atoms with Crippen LogP contribution in [0.2, 0.25) is 0 Å². The van der Waals surface area contributed by atoms with E-state index in [2.05, 4.69) is 61.5 Å². The van der Waals surface area contributed by atoms with Crippen LogP contribution >= 0.6 is 0 Å². The van der Waals surface area contributed by atoms with Gasteiger partial charge in [0.2, 0.25) is 0 Å². The van der Waals surface area contributed by atoms with E-state index in [9.17, 15) is 0 Å². The molecule has 19 heavy (non-hydrogen) atoms. The fourth-order valence-corrected chi connectivity index (χ4v) is 1.67. The minimum atomic E-state index is 0.819. The van der Waals surface area contributed by atoms with Crippen molar-refractivity contribution in [3.63, 3.8) is 0 Å². The van der Waals surface area contributed by atoms with Crippen molar-refractivity contribution in [2.75, 3.05) is 19.6 Å². The zero-order valence-corrected chi connectivity index (χ0v) is 12.3. The third kappa shape index (κ3) is 6.70. The van der Waals surface area contributed by atoms with Crippen LogP contribution in [0.5, 0.6) is 0 Å². The minimum absolute atomic E-state index is 0.819. The first-order chi connectivity index (χ1) is 9.26. The third-order valence-electron chi connectivity index (χ3n) is 2.99. The number of hydrogen-bond donors (Lipinski definition) is 0. The molecule has 0 aliphatic rings. The number of nitrogens with zero attached hydrogens (tertiary/aromatic N) is 1. The van der Waals surface area contributed by atoms with E-state index in [0.29, 0.717) is 0 Å². The lowest BCUT2D eigenvalue weighted by atomic mass is 10.2. The van der Waals surface area contributed by atoms with Crippen molar-refractivity contribution in [2.45, 2.75) is 33.6 Å². The molecule has 0 unspecified atom stereocenters. The molecule has 0 aromatic heterocycles. The fraction of sp³-hybridized carbons (Fsp3) is 0.444. The topological polar surface area (TPSA) is 3.24 Å². The van der Waals surface area contributed by atoms with Crippen molar-refractivity contribution in [1.29, 1.82) is 0 Å². The molecule has 1 aromatic rings. The Labute approximate surface area is 118 Å². The van der Waals surface area contributed by atoms with E-state index in [1.807, 2.05) is 12.1 Å². The molecule has 0 radical (unpaired) electrons. The quantitative estimate of drug-likeness (QED) is 0.726. The molecule has 0 N–H and O–H groups in total. The van der Waals surface area contributed by atoms with Crippen LogP contribution in [-0.4, -0.2) is 24.5 Å².